The molecular weight excluding hydrogens is 744 g/mol. The van der Waals surface area contributed by atoms with Crippen LogP contribution in [0.15, 0.2) is 79.9 Å². The number of allylic oxidation sites excluding steroid dienone is 1. The highest BCUT2D eigenvalue weighted by molar-refractivity contribution is 9.09. The monoisotopic (exact) mass is 790 g/mol. The molecule has 3 saturated heterocycles. The van der Waals surface area contributed by atoms with E-state index in [-0.39, 0.29) is 55.3 Å². The molecule has 2 aromatic carbocycles. The molecular formula is C39H47BrN6O7. The molecule has 13 nitrogen and oxygen atoms in total. The van der Waals surface area contributed by atoms with Crippen molar-refractivity contribution in [3.05, 3.63) is 85.5 Å². The maximum Gasteiger partial charge on any atom is 0.313 e. The van der Waals surface area contributed by atoms with Crippen LogP contribution in [0.1, 0.15) is 57.1 Å². The van der Waals surface area contributed by atoms with Gasteiger partial charge in [0.25, 0.3) is 0 Å². The van der Waals surface area contributed by atoms with Gasteiger partial charge in [-0.2, -0.15) is 0 Å². The lowest BCUT2D eigenvalue weighted by molar-refractivity contribution is -0.162. The summed E-state index contributed by atoms with van der Waals surface area (Å²) in [6.45, 7) is 9.83. The summed E-state index contributed by atoms with van der Waals surface area (Å²) in [5, 5.41) is 20.9. The van der Waals surface area contributed by atoms with Crippen LogP contribution in [0.2, 0.25) is 0 Å². The number of aromatic nitrogens is 3. The minimum Gasteiger partial charge on any atom is -0.455 e. The molecule has 0 radical (unpaired) electrons. The normalized spacial score (nSPS) is 25.5. The van der Waals surface area contributed by atoms with Gasteiger partial charge in [-0.1, -0.05) is 75.8 Å². The zero-order chi connectivity index (χ0) is 37.7. The maximum atomic E-state index is 14.9. The lowest BCUT2D eigenvalue weighted by atomic mass is 9.70. The number of likely N-dealkylation sites (tertiary alicyclic amines) is 1. The van der Waals surface area contributed by atoms with Gasteiger partial charge in [0, 0.05) is 30.9 Å². The van der Waals surface area contributed by atoms with Crippen molar-refractivity contribution >= 4 is 50.7 Å². The molecule has 4 heterocycles. The highest BCUT2D eigenvalue weighted by Crippen LogP contribution is 2.60. The first-order valence-corrected chi connectivity index (χ1v) is 19.1. The Morgan fingerprint density at radius 2 is 1.89 bits per heavy atom. The SMILES string of the molecule is C=CCCC(=O)N[C@H](C)[C@@H](OC(=O)[C@H]1[C@@H]2O[C@@]3(CC2Br)[C@@H]1C(=O)N(CCCCCO)[C@@H]3C(=O)N(CC=C)Cn1nnc2ccccc21)c1ccccc1. The first-order chi connectivity index (χ1) is 25.6. The van der Waals surface area contributed by atoms with Crippen LogP contribution in [-0.4, -0.2) is 102 Å². The summed E-state index contributed by atoms with van der Waals surface area (Å²) < 4.78 is 14.7. The molecule has 282 valence electrons. The number of ether oxygens (including phenoxy) is 2. The van der Waals surface area contributed by atoms with E-state index in [0.717, 1.165) is 5.52 Å². The number of benzene rings is 2. The van der Waals surface area contributed by atoms with E-state index in [1.54, 1.807) is 33.6 Å². The summed E-state index contributed by atoms with van der Waals surface area (Å²) in [5.74, 6) is -3.53. The Hall–Kier alpha value is -4.40. The topological polar surface area (TPSA) is 156 Å². The molecule has 0 saturated carbocycles. The van der Waals surface area contributed by atoms with Crippen molar-refractivity contribution in [2.75, 3.05) is 19.7 Å². The van der Waals surface area contributed by atoms with Crippen molar-refractivity contribution in [3.63, 3.8) is 0 Å². The van der Waals surface area contributed by atoms with Crippen LogP contribution in [0.4, 0.5) is 0 Å². The number of nitrogens with zero attached hydrogens (tertiary/aromatic N) is 5. The number of nitrogens with one attached hydrogen (secondary N) is 1. The largest absolute Gasteiger partial charge is 0.455 e. The van der Waals surface area contributed by atoms with E-state index in [9.17, 15) is 24.3 Å². The Bertz CT molecular complexity index is 1820. The number of rotatable bonds is 18. The van der Waals surface area contributed by atoms with Gasteiger partial charge in [0.1, 0.15) is 29.9 Å². The number of carbonyl (C=O) groups excluding carboxylic acids is 4. The molecule has 2 bridgehead atoms. The quantitative estimate of drug-likeness (QED) is 0.0840. The van der Waals surface area contributed by atoms with Crippen LogP contribution in [-0.2, 0) is 35.3 Å². The third-order valence-corrected chi connectivity index (χ3v) is 11.4. The van der Waals surface area contributed by atoms with E-state index in [1.165, 1.54) is 0 Å². The van der Waals surface area contributed by atoms with Crippen molar-refractivity contribution in [2.24, 2.45) is 11.8 Å². The number of aliphatic hydroxyl groups excluding tert-OH is 1. The summed E-state index contributed by atoms with van der Waals surface area (Å²) in [6.07, 6.45) is 4.51. The second-order valence-corrected chi connectivity index (χ2v) is 15.2. The van der Waals surface area contributed by atoms with Crippen molar-refractivity contribution in [1.29, 1.82) is 0 Å². The van der Waals surface area contributed by atoms with Crippen molar-refractivity contribution in [1.82, 2.24) is 30.1 Å². The van der Waals surface area contributed by atoms with Crippen LogP contribution in [0.25, 0.3) is 11.0 Å². The van der Waals surface area contributed by atoms with E-state index >= 15 is 0 Å². The third kappa shape index (κ3) is 7.54. The second kappa shape index (κ2) is 16.7. The first-order valence-electron chi connectivity index (χ1n) is 18.2. The van der Waals surface area contributed by atoms with Gasteiger partial charge in [-0.15, -0.1) is 18.3 Å². The average molecular weight is 792 g/mol. The molecule has 3 aromatic rings. The summed E-state index contributed by atoms with van der Waals surface area (Å²) >= 11 is 3.75. The van der Waals surface area contributed by atoms with Gasteiger partial charge in [-0.25, -0.2) is 4.68 Å². The van der Waals surface area contributed by atoms with Crippen molar-refractivity contribution < 1.29 is 33.8 Å². The molecule has 3 aliphatic heterocycles. The molecule has 3 aliphatic rings. The van der Waals surface area contributed by atoms with Crippen LogP contribution < -0.4 is 5.32 Å². The number of hydrogen-bond donors (Lipinski definition) is 2. The number of halogens is 1. The highest BCUT2D eigenvalue weighted by Gasteiger charge is 2.77. The van der Waals surface area contributed by atoms with Gasteiger partial charge < -0.3 is 29.7 Å². The van der Waals surface area contributed by atoms with Gasteiger partial charge >= 0.3 is 5.97 Å². The summed E-state index contributed by atoms with van der Waals surface area (Å²) in [6, 6.07) is 15.0. The molecule has 1 unspecified atom stereocenters. The number of esters is 1. The van der Waals surface area contributed by atoms with Crippen LogP contribution in [0.5, 0.6) is 0 Å². The molecule has 14 heteroatoms. The summed E-state index contributed by atoms with van der Waals surface area (Å²) in [7, 11) is 0. The lowest BCUT2D eigenvalue weighted by Crippen LogP contribution is -2.57. The number of aliphatic hydroxyl groups is 1. The van der Waals surface area contributed by atoms with Crippen LogP contribution >= 0.6 is 15.9 Å². The molecule has 53 heavy (non-hydrogen) atoms. The number of alkyl halides is 1. The minimum absolute atomic E-state index is 0.0154. The van der Waals surface area contributed by atoms with Gasteiger partial charge in [0.15, 0.2) is 0 Å². The Kier molecular flexibility index (Phi) is 12.1. The fraction of sp³-hybridized carbons (Fsp3) is 0.487. The zero-order valence-corrected chi connectivity index (χ0v) is 31.5. The molecule has 1 aromatic heterocycles. The molecule has 1 spiro atoms. The van der Waals surface area contributed by atoms with Gasteiger partial charge in [0.2, 0.25) is 17.7 Å². The predicted molar refractivity (Wildman–Crippen MR) is 200 cm³/mol. The summed E-state index contributed by atoms with van der Waals surface area (Å²) in [4.78, 5) is 59.6. The van der Waals surface area contributed by atoms with E-state index in [1.807, 2.05) is 54.6 Å². The molecule has 8 atom stereocenters. The maximum absolute atomic E-state index is 14.9. The molecule has 2 N–H and O–H groups in total. The van der Waals surface area contributed by atoms with Crippen molar-refractivity contribution in [3.8, 4) is 0 Å². The minimum atomic E-state index is -1.32. The third-order valence-electron chi connectivity index (χ3n) is 10.5. The number of amides is 3. The number of carbonyl (C=O) groups is 4. The Balaban J connectivity index is 1.32. The smallest absolute Gasteiger partial charge is 0.313 e. The van der Waals surface area contributed by atoms with Crippen LogP contribution in [0.3, 0.4) is 0 Å². The van der Waals surface area contributed by atoms with Crippen LogP contribution in [0, 0.1) is 11.8 Å². The number of fused-ring (bicyclic) bond motifs is 2. The molecule has 3 amide bonds. The number of para-hydroxylation sites is 1. The molecule has 6 rings (SSSR count). The molecule has 3 fully saturated rings. The van der Waals surface area contributed by atoms with E-state index in [0.29, 0.717) is 43.2 Å². The van der Waals surface area contributed by atoms with E-state index in [4.69, 9.17) is 9.47 Å². The highest BCUT2D eigenvalue weighted by atomic mass is 79.9. The van der Waals surface area contributed by atoms with E-state index < -0.39 is 47.7 Å². The van der Waals surface area contributed by atoms with Gasteiger partial charge in [0.05, 0.1) is 29.5 Å². The second-order valence-electron chi connectivity index (χ2n) is 14.0. The fourth-order valence-corrected chi connectivity index (χ4v) is 9.10. The Morgan fingerprint density at radius 3 is 2.62 bits per heavy atom. The summed E-state index contributed by atoms with van der Waals surface area (Å²) in [5.41, 5.74) is 0.793. The lowest BCUT2D eigenvalue weighted by Gasteiger charge is -2.37. The van der Waals surface area contributed by atoms with E-state index in [2.05, 4.69) is 44.7 Å². The zero-order valence-electron chi connectivity index (χ0n) is 29.9. The Morgan fingerprint density at radius 1 is 1.13 bits per heavy atom. The number of unbranched alkanes of at least 4 members (excludes halogenated alkanes) is 2. The predicted octanol–water partition coefficient (Wildman–Crippen LogP) is 4.07. The van der Waals surface area contributed by atoms with Gasteiger partial charge in [-0.3, -0.25) is 19.2 Å². The number of hydrogen-bond acceptors (Lipinski definition) is 9. The van der Waals surface area contributed by atoms with Gasteiger partial charge in [-0.05, 0) is 56.7 Å². The fourth-order valence-electron chi connectivity index (χ4n) is 8.16. The first kappa shape index (κ1) is 38.3. The van der Waals surface area contributed by atoms with Crippen molar-refractivity contribution in [2.45, 2.75) is 86.8 Å². The standard InChI is InChI=1S/C39H47BrN6O7/c1-4-6-19-30(48)41-25(3)33(26-15-9-7-10-16-26)52-38(51)31-32-36(49)45(21-13-8-14-22-47)35(39(32)23-27(40)34(31)53-39)37(50)44(20-5-2)24-46-29-18-12-11-17-28(29)42-43-46/h4-5,7,9-12,15-18,25,27,31-35,47H,1-2,6,8,13-14,19-24H2,3H3,(H,41,48)/t25-,27?,31-,32+,33-,34-,35-,39+/m1/s1. The Labute approximate surface area is 317 Å². The average Bonchev–Trinajstić information content (AvgIpc) is 3.88. The molecule has 0 aliphatic carbocycles.